The summed E-state index contributed by atoms with van der Waals surface area (Å²) >= 11 is 0. The van der Waals surface area contributed by atoms with Crippen molar-refractivity contribution in [3.8, 4) is 0 Å². The van der Waals surface area contributed by atoms with Crippen LogP contribution in [0.5, 0.6) is 0 Å². The van der Waals surface area contributed by atoms with Crippen LogP contribution >= 0.6 is 0 Å². The largest absolute Gasteiger partial charge is 0.480 e. The van der Waals surface area contributed by atoms with E-state index in [1.54, 1.807) is 0 Å². The smallest absolute Gasteiger partial charge is 0.322 e. The molecule has 0 saturated carbocycles. The zero-order chi connectivity index (χ0) is 21.9. The minimum absolute atomic E-state index is 0.338. The van der Waals surface area contributed by atoms with Gasteiger partial charge in [0.15, 0.2) is 0 Å². The number of carboxylic acid groups (broad SMARTS) is 1. The highest BCUT2D eigenvalue weighted by Gasteiger charge is 2.32. The first kappa shape index (κ1) is 25.7. The molecular weight excluding hydrogens is 374 g/mol. The monoisotopic (exact) mass is 405 g/mol. The van der Waals surface area contributed by atoms with Gasteiger partial charge >= 0.3 is 5.97 Å². The number of hydrogen-bond donors (Lipinski definition) is 8. The van der Waals surface area contributed by atoms with Gasteiger partial charge in [0.05, 0.1) is 18.2 Å². The summed E-state index contributed by atoms with van der Waals surface area (Å²) in [6.45, 7) is 2.23. The molecule has 10 N–H and O–H groups in total. The van der Waals surface area contributed by atoms with Crippen LogP contribution in [0.4, 0.5) is 0 Å². The molecule has 0 aromatic rings. The van der Waals surface area contributed by atoms with E-state index >= 15 is 0 Å². The SMILES string of the molecule is CC(O)C(NC(=O)C(N)CCCCN)C(=O)NC(C(=O)NCC(=O)O)C(C)O. The van der Waals surface area contributed by atoms with Crippen molar-refractivity contribution < 1.29 is 34.5 Å². The molecule has 0 spiro atoms. The third kappa shape index (κ3) is 9.60. The van der Waals surface area contributed by atoms with E-state index in [9.17, 15) is 29.4 Å². The molecule has 0 aromatic carbocycles. The van der Waals surface area contributed by atoms with Gasteiger partial charge in [0, 0.05) is 0 Å². The van der Waals surface area contributed by atoms with Gasteiger partial charge in [-0.15, -0.1) is 0 Å². The van der Waals surface area contributed by atoms with Crippen molar-refractivity contribution in [3.63, 3.8) is 0 Å². The minimum atomic E-state index is -1.48. The molecule has 5 unspecified atom stereocenters. The van der Waals surface area contributed by atoms with Gasteiger partial charge in [0.1, 0.15) is 18.6 Å². The van der Waals surface area contributed by atoms with Crippen LogP contribution in [0.25, 0.3) is 0 Å². The molecule has 0 aliphatic heterocycles. The highest BCUT2D eigenvalue weighted by Crippen LogP contribution is 2.02. The molecule has 0 bridgehead atoms. The molecular formula is C16H31N5O7. The molecule has 162 valence electrons. The van der Waals surface area contributed by atoms with E-state index in [0.29, 0.717) is 25.8 Å². The molecule has 5 atom stereocenters. The quantitative estimate of drug-likeness (QED) is 0.142. The number of aliphatic hydroxyl groups is 2. The van der Waals surface area contributed by atoms with Crippen molar-refractivity contribution in [2.24, 2.45) is 11.5 Å². The lowest BCUT2D eigenvalue weighted by Crippen LogP contribution is -2.61. The number of amides is 3. The Morgan fingerprint density at radius 2 is 1.39 bits per heavy atom. The van der Waals surface area contributed by atoms with Gasteiger partial charge in [-0.25, -0.2) is 0 Å². The third-order valence-corrected chi connectivity index (χ3v) is 3.85. The highest BCUT2D eigenvalue weighted by molar-refractivity contribution is 5.94. The fourth-order valence-electron chi connectivity index (χ4n) is 2.23. The number of nitrogens with one attached hydrogen (secondary N) is 3. The molecule has 0 radical (unpaired) electrons. The first-order chi connectivity index (χ1) is 13.0. The maximum Gasteiger partial charge on any atom is 0.322 e. The van der Waals surface area contributed by atoms with Crippen molar-refractivity contribution in [2.75, 3.05) is 13.1 Å². The van der Waals surface area contributed by atoms with Crippen molar-refractivity contribution in [3.05, 3.63) is 0 Å². The third-order valence-electron chi connectivity index (χ3n) is 3.85. The van der Waals surface area contributed by atoms with E-state index in [1.807, 2.05) is 5.32 Å². The summed E-state index contributed by atoms with van der Waals surface area (Å²) in [4.78, 5) is 47.0. The van der Waals surface area contributed by atoms with E-state index < -0.39 is 60.6 Å². The second kappa shape index (κ2) is 13.0. The Bertz CT molecular complexity index is 541. The van der Waals surface area contributed by atoms with Crippen LogP contribution in [0.15, 0.2) is 0 Å². The molecule has 28 heavy (non-hydrogen) atoms. The van der Waals surface area contributed by atoms with Crippen LogP contribution in [0.2, 0.25) is 0 Å². The van der Waals surface area contributed by atoms with Crippen molar-refractivity contribution in [2.45, 2.75) is 63.4 Å². The lowest BCUT2D eigenvalue weighted by molar-refractivity contribution is -0.139. The number of rotatable bonds is 13. The molecule has 0 fully saturated rings. The highest BCUT2D eigenvalue weighted by atomic mass is 16.4. The topological polar surface area (TPSA) is 217 Å². The Labute approximate surface area is 163 Å². The fourth-order valence-corrected chi connectivity index (χ4v) is 2.23. The van der Waals surface area contributed by atoms with Crippen molar-refractivity contribution in [1.82, 2.24) is 16.0 Å². The summed E-state index contributed by atoms with van der Waals surface area (Å²) in [5, 5.41) is 34.6. The Morgan fingerprint density at radius 1 is 0.893 bits per heavy atom. The van der Waals surface area contributed by atoms with E-state index in [4.69, 9.17) is 16.6 Å². The molecule has 0 aliphatic carbocycles. The summed E-state index contributed by atoms with van der Waals surface area (Å²) in [5.41, 5.74) is 11.1. The van der Waals surface area contributed by atoms with Crippen LogP contribution in [0.1, 0.15) is 33.1 Å². The van der Waals surface area contributed by atoms with Crippen LogP contribution < -0.4 is 27.4 Å². The Kier molecular flexibility index (Phi) is 11.9. The number of carboxylic acids is 1. The number of nitrogens with two attached hydrogens (primary N) is 2. The molecule has 0 saturated heterocycles. The standard InChI is InChI=1S/C16H31N5O7/c1-8(22)12(15(27)19-7-11(24)25)21-16(28)13(9(2)23)20-14(26)10(18)5-3-4-6-17/h8-10,12-13,22-23H,3-7,17-18H2,1-2H3,(H,19,27)(H,20,26)(H,21,28)(H,24,25). The number of aliphatic carboxylic acids is 1. The summed E-state index contributed by atoms with van der Waals surface area (Å²) in [7, 11) is 0. The van der Waals surface area contributed by atoms with Crippen LogP contribution in [0, 0.1) is 0 Å². The van der Waals surface area contributed by atoms with Crippen LogP contribution in [-0.4, -0.2) is 82.4 Å². The maximum atomic E-state index is 12.4. The zero-order valence-corrected chi connectivity index (χ0v) is 16.1. The summed E-state index contributed by atoms with van der Waals surface area (Å²) in [6.07, 6.45) is -1.04. The van der Waals surface area contributed by atoms with E-state index in [0.717, 1.165) is 0 Å². The molecule has 0 aromatic heterocycles. The maximum absolute atomic E-state index is 12.4. The number of unbranched alkanes of at least 4 members (excludes halogenated alkanes) is 1. The van der Waals surface area contributed by atoms with Crippen molar-refractivity contribution in [1.29, 1.82) is 0 Å². The van der Waals surface area contributed by atoms with Gasteiger partial charge in [-0.2, -0.15) is 0 Å². The molecule has 0 aliphatic rings. The second-order valence-corrected chi connectivity index (χ2v) is 6.46. The van der Waals surface area contributed by atoms with Gasteiger partial charge in [-0.05, 0) is 33.2 Å². The Balaban J connectivity index is 4.99. The average molecular weight is 405 g/mol. The summed E-state index contributed by atoms with van der Waals surface area (Å²) in [5.74, 6) is -3.84. The first-order valence-corrected chi connectivity index (χ1v) is 8.93. The minimum Gasteiger partial charge on any atom is -0.480 e. The second-order valence-electron chi connectivity index (χ2n) is 6.46. The number of carbonyl (C=O) groups excluding carboxylic acids is 3. The average Bonchev–Trinajstić information content (AvgIpc) is 2.61. The molecule has 0 heterocycles. The van der Waals surface area contributed by atoms with E-state index in [-0.39, 0.29) is 0 Å². The molecule has 12 heteroatoms. The van der Waals surface area contributed by atoms with Gasteiger partial charge in [0.25, 0.3) is 0 Å². The van der Waals surface area contributed by atoms with Gasteiger partial charge in [-0.3, -0.25) is 19.2 Å². The fraction of sp³-hybridized carbons (Fsp3) is 0.750. The van der Waals surface area contributed by atoms with Gasteiger partial charge < -0.3 is 42.7 Å². The van der Waals surface area contributed by atoms with Crippen molar-refractivity contribution >= 4 is 23.7 Å². The molecule has 12 nitrogen and oxygen atoms in total. The lowest BCUT2D eigenvalue weighted by Gasteiger charge is -2.26. The number of aliphatic hydroxyl groups excluding tert-OH is 2. The first-order valence-electron chi connectivity index (χ1n) is 8.93. The van der Waals surface area contributed by atoms with Gasteiger partial charge in [0.2, 0.25) is 17.7 Å². The lowest BCUT2D eigenvalue weighted by atomic mass is 10.1. The molecule has 0 rings (SSSR count). The van der Waals surface area contributed by atoms with E-state index in [2.05, 4.69) is 10.6 Å². The normalized spacial score (nSPS) is 16.2. The van der Waals surface area contributed by atoms with Gasteiger partial charge in [-0.1, -0.05) is 6.42 Å². The Hall–Kier alpha value is -2.28. The van der Waals surface area contributed by atoms with E-state index in [1.165, 1.54) is 13.8 Å². The number of carbonyl (C=O) groups is 4. The zero-order valence-electron chi connectivity index (χ0n) is 16.1. The van der Waals surface area contributed by atoms with Crippen LogP contribution in [-0.2, 0) is 19.2 Å². The number of hydrogen-bond acceptors (Lipinski definition) is 8. The Morgan fingerprint density at radius 3 is 1.86 bits per heavy atom. The van der Waals surface area contributed by atoms with Crippen LogP contribution in [0.3, 0.4) is 0 Å². The predicted octanol–water partition coefficient (Wildman–Crippen LogP) is -3.63. The molecule has 3 amide bonds. The predicted molar refractivity (Wildman–Crippen MR) is 98.7 cm³/mol. The summed E-state index contributed by atoms with van der Waals surface area (Å²) in [6, 6.07) is -3.82. The summed E-state index contributed by atoms with van der Waals surface area (Å²) < 4.78 is 0.